The van der Waals surface area contributed by atoms with Gasteiger partial charge in [0.05, 0.1) is 10.9 Å². The van der Waals surface area contributed by atoms with E-state index in [2.05, 4.69) is 5.32 Å². The number of amides is 1. The Morgan fingerprint density at radius 3 is 2.74 bits per heavy atom. The number of rotatable bonds is 3. The van der Waals surface area contributed by atoms with Crippen LogP contribution >= 0.6 is 11.8 Å². The molecule has 1 aromatic rings. The number of nitrogens with zero attached hydrogens (tertiary/aromatic N) is 1. The third-order valence-corrected chi connectivity index (χ3v) is 4.30. The van der Waals surface area contributed by atoms with Crippen molar-refractivity contribution >= 4 is 34.1 Å². The van der Waals surface area contributed by atoms with E-state index in [1.54, 1.807) is 16.6 Å². The fourth-order valence-electron chi connectivity index (χ4n) is 2.31. The molecular formula is C12H15ClN2O3S. The Kier molecular flexibility index (Phi) is 4.44. The smallest absolute Gasteiger partial charge is 0.221 e. The van der Waals surface area contributed by atoms with E-state index in [1.807, 2.05) is 0 Å². The number of thiol groups is 1. The highest BCUT2D eigenvalue weighted by molar-refractivity contribution is 7.72. The predicted molar refractivity (Wildman–Crippen MR) is 73.9 cm³/mol. The zero-order valence-corrected chi connectivity index (χ0v) is 12.1. The molecule has 0 spiro atoms. The summed E-state index contributed by atoms with van der Waals surface area (Å²) >= 11 is 6.10. The van der Waals surface area contributed by atoms with Crippen molar-refractivity contribution in [2.24, 2.45) is 0 Å². The first-order chi connectivity index (χ1) is 8.99. The molecule has 0 unspecified atom stereocenters. The van der Waals surface area contributed by atoms with Crippen LogP contribution in [0.3, 0.4) is 0 Å². The van der Waals surface area contributed by atoms with Gasteiger partial charge in [-0.05, 0) is 48.4 Å². The van der Waals surface area contributed by atoms with Gasteiger partial charge in [0.2, 0.25) is 5.91 Å². The van der Waals surface area contributed by atoms with Crippen LogP contribution in [0, 0.1) is 0 Å². The third kappa shape index (κ3) is 3.26. The zero-order valence-electron chi connectivity index (χ0n) is 10.4. The van der Waals surface area contributed by atoms with E-state index in [9.17, 15) is 13.2 Å². The van der Waals surface area contributed by atoms with Crippen molar-refractivity contribution in [3.05, 3.63) is 23.8 Å². The van der Waals surface area contributed by atoms with Crippen molar-refractivity contribution in [2.75, 3.05) is 11.9 Å². The maximum atomic E-state index is 11.3. The lowest BCUT2D eigenvalue weighted by Crippen LogP contribution is -2.14. The summed E-state index contributed by atoms with van der Waals surface area (Å²) in [5, 5.41) is 2.65. The number of hydrogen-bond acceptors (Lipinski definition) is 4. The molecule has 1 fully saturated rings. The highest BCUT2D eigenvalue weighted by atomic mass is 35.5. The van der Waals surface area contributed by atoms with Gasteiger partial charge in [-0.2, -0.15) is 0 Å². The SMILES string of the molecule is CC(=O)Nc1ccc([SH](=O)=O)c([C@H]2CCCN2Cl)c1. The Morgan fingerprint density at radius 2 is 2.21 bits per heavy atom. The molecule has 0 aromatic heterocycles. The second-order valence-corrected chi connectivity index (χ2v) is 5.92. The Morgan fingerprint density at radius 1 is 1.47 bits per heavy atom. The zero-order chi connectivity index (χ0) is 14.0. The summed E-state index contributed by atoms with van der Waals surface area (Å²) < 4.78 is 24.2. The van der Waals surface area contributed by atoms with Crippen LogP contribution in [0.2, 0.25) is 0 Å². The first-order valence-corrected chi connectivity index (χ1v) is 7.49. The standard InChI is InChI=1S/C12H15ClN2O3S/c1-8(16)14-9-4-5-12(19(17)18)10(7-9)11-3-2-6-15(11)13/h4-5,7,11,19H,2-3,6H2,1H3,(H,14,16)/t11-/m1/s1. The van der Waals surface area contributed by atoms with Crippen molar-refractivity contribution in [2.45, 2.75) is 30.7 Å². The van der Waals surface area contributed by atoms with Gasteiger partial charge in [0.15, 0.2) is 10.7 Å². The summed E-state index contributed by atoms with van der Waals surface area (Å²) in [4.78, 5) is 11.3. The number of halogens is 1. The quantitative estimate of drug-likeness (QED) is 0.661. The average Bonchev–Trinajstić information content (AvgIpc) is 2.74. The van der Waals surface area contributed by atoms with Crippen LogP contribution < -0.4 is 5.32 Å². The molecule has 5 nitrogen and oxygen atoms in total. The van der Waals surface area contributed by atoms with E-state index >= 15 is 0 Å². The average molecular weight is 303 g/mol. The minimum Gasteiger partial charge on any atom is -0.326 e. The van der Waals surface area contributed by atoms with Crippen LogP contribution in [-0.4, -0.2) is 25.3 Å². The van der Waals surface area contributed by atoms with Gasteiger partial charge in [-0.15, -0.1) is 0 Å². The Bertz CT molecular complexity index is 566. The van der Waals surface area contributed by atoms with Crippen LogP contribution in [0.25, 0.3) is 0 Å². The number of carbonyl (C=O) groups excluding carboxylic acids is 1. The number of nitrogens with one attached hydrogen (secondary N) is 1. The number of hydrogen-bond donors (Lipinski definition) is 2. The van der Waals surface area contributed by atoms with E-state index in [-0.39, 0.29) is 16.8 Å². The molecule has 1 atom stereocenters. The summed E-state index contributed by atoms with van der Waals surface area (Å²) in [6.45, 7) is 2.14. The molecular weight excluding hydrogens is 288 g/mol. The lowest BCUT2D eigenvalue weighted by atomic mass is 10.0. The van der Waals surface area contributed by atoms with Gasteiger partial charge >= 0.3 is 0 Å². The van der Waals surface area contributed by atoms with Gasteiger partial charge in [0, 0.05) is 19.2 Å². The minimum absolute atomic E-state index is 0.127. The second-order valence-electron chi connectivity index (χ2n) is 4.49. The van der Waals surface area contributed by atoms with E-state index in [1.165, 1.54) is 13.0 Å². The summed E-state index contributed by atoms with van der Waals surface area (Å²) in [5.74, 6) is -0.195. The van der Waals surface area contributed by atoms with Gasteiger partial charge in [-0.25, -0.2) is 12.8 Å². The van der Waals surface area contributed by atoms with Crippen LogP contribution in [0.5, 0.6) is 0 Å². The van der Waals surface area contributed by atoms with Crippen molar-refractivity contribution in [1.82, 2.24) is 4.42 Å². The monoisotopic (exact) mass is 302 g/mol. The number of anilines is 1. The van der Waals surface area contributed by atoms with E-state index in [0.717, 1.165) is 19.4 Å². The van der Waals surface area contributed by atoms with Crippen LogP contribution in [0.15, 0.2) is 23.1 Å². The molecule has 1 aromatic carbocycles. The number of benzene rings is 1. The van der Waals surface area contributed by atoms with Gasteiger partial charge in [-0.3, -0.25) is 4.79 Å². The Hall–Kier alpha value is -1.11. The molecule has 7 heteroatoms. The first-order valence-electron chi connectivity index (χ1n) is 5.97. The van der Waals surface area contributed by atoms with Crippen LogP contribution in [0.4, 0.5) is 5.69 Å². The van der Waals surface area contributed by atoms with Gasteiger partial charge in [-0.1, -0.05) is 0 Å². The number of carbonyl (C=O) groups is 1. The summed E-state index contributed by atoms with van der Waals surface area (Å²) in [5.41, 5.74) is 1.23. The largest absolute Gasteiger partial charge is 0.326 e. The molecule has 0 radical (unpaired) electrons. The van der Waals surface area contributed by atoms with Crippen molar-refractivity contribution in [3.8, 4) is 0 Å². The van der Waals surface area contributed by atoms with E-state index in [4.69, 9.17) is 11.8 Å². The van der Waals surface area contributed by atoms with Crippen molar-refractivity contribution < 1.29 is 13.2 Å². The topological polar surface area (TPSA) is 66.5 Å². The fraction of sp³-hybridized carbons (Fsp3) is 0.417. The molecule has 1 amide bonds. The molecule has 104 valence electrons. The van der Waals surface area contributed by atoms with E-state index in [0.29, 0.717) is 11.3 Å². The fourth-order valence-corrected chi connectivity index (χ4v) is 3.25. The van der Waals surface area contributed by atoms with Crippen molar-refractivity contribution in [3.63, 3.8) is 0 Å². The molecule has 0 saturated carbocycles. The van der Waals surface area contributed by atoms with Crippen LogP contribution in [-0.2, 0) is 15.5 Å². The predicted octanol–water partition coefficient (Wildman–Crippen LogP) is 1.91. The molecule has 0 aliphatic carbocycles. The molecule has 1 N–H and O–H groups in total. The normalized spacial score (nSPS) is 19.8. The Balaban J connectivity index is 2.44. The van der Waals surface area contributed by atoms with E-state index < -0.39 is 10.7 Å². The highest BCUT2D eigenvalue weighted by Gasteiger charge is 2.27. The molecule has 1 aliphatic heterocycles. The molecule has 1 aliphatic rings. The van der Waals surface area contributed by atoms with Gasteiger partial charge in [0.25, 0.3) is 0 Å². The minimum atomic E-state index is -2.68. The maximum absolute atomic E-state index is 11.3. The Labute approximate surface area is 118 Å². The highest BCUT2D eigenvalue weighted by Crippen LogP contribution is 2.36. The van der Waals surface area contributed by atoms with Gasteiger partial charge < -0.3 is 5.32 Å². The lowest BCUT2D eigenvalue weighted by Gasteiger charge is -2.19. The summed E-state index contributed by atoms with van der Waals surface area (Å²) in [6.07, 6.45) is 1.73. The molecule has 2 rings (SSSR count). The van der Waals surface area contributed by atoms with Crippen LogP contribution in [0.1, 0.15) is 31.4 Å². The third-order valence-electron chi connectivity index (χ3n) is 3.09. The lowest BCUT2D eigenvalue weighted by molar-refractivity contribution is -0.114. The van der Waals surface area contributed by atoms with Gasteiger partial charge in [0.1, 0.15) is 0 Å². The molecule has 0 bridgehead atoms. The maximum Gasteiger partial charge on any atom is 0.221 e. The van der Waals surface area contributed by atoms with Crippen molar-refractivity contribution in [1.29, 1.82) is 0 Å². The molecule has 1 heterocycles. The molecule has 1 saturated heterocycles. The summed E-state index contributed by atoms with van der Waals surface area (Å²) in [7, 11) is -2.68. The first kappa shape index (κ1) is 14.3. The molecule has 19 heavy (non-hydrogen) atoms. The second kappa shape index (κ2) is 5.90. The summed E-state index contributed by atoms with van der Waals surface area (Å²) in [6, 6.07) is 4.65.